The number of hydrogen-bond donors (Lipinski definition) is 2. The van der Waals surface area contributed by atoms with Crippen LogP contribution in [0.15, 0.2) is 65.6 Å². The molecule has 0 aliphatic rings. The van der Waals surface area contributed by atoms with Crippen molar-refractivity contribution in [2.24, 2.45) is 0 Å². The van der Waals surface area contributed by atoms with Crippen molar-refractivity contribution in [1.82, 2.24) is 9.55 Å². The number of aliphatic hydroxyl groups is 2. The highest BCUT2D eigenvalue weighted by molar-refractivity contribution is 7.78. The van der Waals surface area contributed by atoms with Crippen molar-refractivity contribution in [3.8, 4) is 0 Å². The Labute approximate surface area is 203 Å². The Morgan fingerprint density at radius 1 is 1.03 bits per heavy atom. The van der Waals surface area contributed by atoms with Crippen LogP contribution in [0.5, 0.6) is 0 Å². The highest BCUT2D eigenvalue weighted by Crippen LogP contribution is 2.23. The first-order chi connectivity index (χ1) is 16.7. The summed E-state index contributed by atoms with van der Waals surface area (Å²) in [5.41, 5.74) is 4.74. The van der Waals surface area contributed by atoms with Gasteiger partial charge in [-0.1, -0.05) is 47.5 Å². The molecule has 9 heteroatoms. The number of halogens is 1. The number of rotatable bonds is 8. The van der Waals surface area contributed by atoms with Crippen molar-refractivity contribution in [2.75, 3.05) is 0 Å². The molecule has 2 aromatic heterocycles. The average molecular weight is 496 g/mol. The quantitative estimate of drug-likeness (QED) is 0.287. The largest absolute Gasteiger partial charge is 0.772 e. The molecule has 0 bridgehead atoms. The smallest absolute Gasteiger partial charge is 0.254 e. The molecule has 0 saturated heterocycles. The summed E-state index contributed by atoms with van der Waals surface area (Å²) in [5.74, 6) is -0.411. The Kier molecular flexibility index (Phi) is 7.51. The fraction of sp³-hybridized carbons (Fsp3) is 0.231. The molecule has 35 heavy (non-hydrogen) atoms. The molecule has 2 heterocycles. The molecule has 7 nitrogen and oxygen atoms in total. The number of fused-ring (bicyclic) bond motifs is 1. The molecule has 4 rings (SSSR count). The first-order valence-electron chi connectivity index (χ1n) is 11.0. The molecule has 0 aliphatic carbocycles. The summed E-state index contributed by atoms with van der Waals surface area (Å²) in [5, 5.41) is 19.2. The first kappa shape index (κ1) is 24.9. The SMILES string of the molecule is Cc1c(CC(O)O)c2ncc(Cc3ccc(F)cc3)cc2n(Cc2ccc(CS(=O)[O-])cc2)c1=O. The van der Waals surface area contributed by atoms with Gasteiger partial charge in [-0.05, 0) is 59.4 Å². The molecule has 0 aliphatic heterocycles. The fourth-order valence-corrected chi connectivity index (χ4v) is 4.60. The van der Waals surface area contributed by atoms with Gasteiger partial charge in [-0.15, -0.1) is 0 Å². The predicted molar refractivity (Wildman–Crippen MR) is 130 cm³/mol. The Hall–Kier alpha value is -3.24. The maximum absolute atomic E-state index is 13.4. The summed E-state index contributed by atoms with van der Waals surface area (Å²) in [7, 11) is 0. The van der Waals surface area contributed by atoms with Crippen molar-refractivity contribution in [1.29, 1.82) is 0 Å². The zero-order valence-electron chi connectivity index (χ0n) is 19.0. The number of hydrogen-bond acceptors (Lipinski definition) is 6. The highest BCUT2D eigenvalue weighted by Gasteiger charge is 2.18. The van der Waals surface area contributed by atoms with E-state index < -0.39 is 17.4 Å². The van der Waals surface area contributed by atoms with Crippen molar-refractivity contribution in [3.05, 3.63) is 110 Å². The van der Waals surface area contributed by atoms with E-state index in [0.29, 0.717) is 34.1 Å². The van der Waals surface area contributed by atoms with Crippen molar-refractivity contribution in [2.45, 2.75) is 38.4 Å². The highest BCUT2D eigenvalue weighted by atomic mass is 32.2. The van der Waals surface area contributed by atoms with Gasteiger partial charge in [-0.2, -0.15) is 0 Å². The summed E-state index contributed by atoms with van der Waals surface area (Å²) >= 11 is -2.19. The van der Waals surface area contributed by atoms with Gasteiger partial charge in [0.15, 0.2) is 6.29 Å². The molecular formula is C26H24FN2O5S-. The normalized spacial score (nSPS) is 12.4. The zero-order chi connectivity index (χ0) is 25.1. The Morgan fingerprint density at radius 3 is 2.29 bits per heavy atom. The second-order valence-electron chi connectivity index (χ2n) is 8.46. The fourth-order valence-electron chi connectivity index (χ4n) is 4.14. The monoisotopic (exact) mass is 495 g/mol. The molecule has 2 aromatic carbocycles. The zero-order valence-corrected chi connectivity index (χ0v) is 19.8. The number of aliphatic hydroxyl groups excluding tert-OH is 1. The van der Waals surface area contributed by atoms with Crippen LogP contribution in [0.1, 0.15) is 33.4 Å². The third-order valence-electron chi connectivity index (χ3n) is 5.88. The number of aromatic nitrogens is 2. The van der Waals surface area contributed by atoms with Gasteiger partial charge in [0, 0.05) is 23.9 Å². The lowest BCUT2D eigenvalue weighted by Gasteiger charge is -2.17. The van der Waals surface area contributed by atoms with E-state index in [1.54, 1.807) is 54.1 Å². The van der Waals surface area contributed by atoms with E-state index in [4.69, 9.17) is 0 Å². The van der Waals surface area contributed by atoms with Gasteiger partial charge < -0.3 is 19.3 Å². The minimum Gasteiger partial charge on any atom is -0.772 e. The molecule has 0 radical (unpaired) electrons. The standard InChI is InChI=1S/C26H25FN2O5S/c1-16-22(12-24(30)31)25-23(11-20(13-28-25)10-17-6-8-21(27)9-7-17)29(26(16)32)14-18-2-4-19(5-3-18)15-35(33)34/h2-9,11,13,24,30-31H,10,12,14-15H2,1H3,(H,33,34)/p-1. The van der Waals surface area contributed by atoms with Crippen LogP contribution in [0.2, 0.25) is 0 Å². The maximum Gasteiger partial charge on any atom is 0.254 e. The van der Waals surface area contributed by atoms with Gasteiger partial charge >= 0.3 is 0 Å². The third kappa shape index (κ3) is 5.88. The lowest BCUT2D eigenvalue weighted by molar-refractivity contribution is -0.0380. The van der Waals surface area contributed by atoms with Crippen molar-refractivity contribution in [3.63, 3.8) is 0 Å². The molecule has 2 N–H and O–H groups in total. The average Bonchev–Trinajstić information content (AvgIpc) is 2.81. The molecule has 1 atom stereocenters. The van der Waals surface area contributed by atoms with E-state index in [2.05, 4.69) is 4.98 Å². The van der Waals surface area contributed by atoms with Gasteiger partial charge in [-0.3, -0.25) is 14.0 Å². The van der Waals surface area contributed by atoms with Crippen LogP contribution in [0.4, 0.5) is 4.39 Å². The van der Waals surface area contributed by atoms with Crippen LogP contribution in [-0.4, -0.2) is 34.8 Å². The molecule has 0 amide bonds. The molecule has 0 fully saturated rings. The lowest BCUT2D eigenvalue weighted by atomic mass is 10.0. The van der Waals surface area contributed by atoms with Crippen LogP contribution >= 0.6 is 0 Å². The van der Waals surface area contributed by atoms with Gasteiger partial charge in [0.25, 0.3) is 5.56 Å². The Balaban J connectivity index is 1.80. The lowest BCUT2D eigenvalue weighted by Crippen LogP contribution is -2.27. The van der Waals surface area contributed by atoms with Gasteiger partial charge in [0.1, 0.15) is 5.82 Å². The van der Waals surface area contributed by atoms with E-state index in [0.717, 1.165) is 16.7 Å². The van der Waals surface area contributed by atoms with Crippen molar-refractivity contribution < 1.29 is 23.4 Å². The molecule has 4 aromatic rings. The number of benzene rings is 2. The summed E-state index contributed by atoms with van der Waals surface area (Å²) < 4.78 is 36.8. The molecule has 0 saturated carbocycles. The summed E-state index contributed by atoms with van der Waals surface area (Å²) in [6.45, 7) is 1.86. The Bertz CT molecular complexity index is 1430. The summed E-state index contributed by atoms with van der Waals surface area (Å²) in [4.78, 5) is 17.9. The predicted octanol–water partition coefficient (Wildman–Crippen LogP) is 2.72. The second kappa shape index (κ2) is 10.6. The second-order valence-corrected chi connectivity index (χ2v) is 9.35. The van der Waals surface area contributed by atoms with Crippen molar-refractivity contribution >= 4 is 22.1 Å². The number of nitrogens with zero attached hydrogens (tertiary/aromatic N) is 2. The molecular weight excluding hydrogens is 471 g/mol. The molecule has 1 unspecified atom stereocenters. The van der Waals surface area contributed by atoms with Gasteiger partial charge in [0.05, 0.1) is 17.6 Å². The number of pyridine rings is 2. The van der Waals surface area contributed by atoms with Crippen LogP contribution in [0.3, 0.4) is 0 Å². The van der Waals surface area contributed by atoms with Crippen LogP contribution in [0.25, 0.3) is 11.0 Å². The van der Waals surface area contributed by atoms with E-state index >= 15 is 0 Å². The van der Waals surface area contributed by atoms with E-state index in [-0.39, 0.29) is 30.1 Å². The minimum absolute atomic E-state index is 0.0862. The topological polar surface area (TPSA) is 115 Å². The first-order valence-corrected chi connectivity index (χ1v) is 12.2. The third-order valence-corrected chi connectivity index (χ3v) is 6.44. The maximum atomic E-state index is 13.4. The molecule has 0 spiro atoms. The summed E-state index contributed by atoms with van der Waals surface area (Å²) in [6.07, 6.45) is 0.381. The van der Waals surface area contributed by atoms with E-state index in [1.807, 2.05) is 6.07 Å². The van der Waals surface area contributed by atoms with E-state index in [1.165, 1.54) is 12.1 Å². The van der Waals surface area contributed by atoms with E-state index in [9.17, 15) is 28.2 Å². The van der Waals surface area contributed by atoms with Crippen LogP contribution < -0.4 is 5.56 Å². The van der Waals surface area contributed by atoms with Gasteiger partial charge in [0.2, 0.25) is 0 Å². The van der Waals surface area contributed by atoms with Gasteiger partial charge in [-0.25, -0.2) is 4.39 Å². The summed E-state index contributed by atoms with van der Waals surface area (Å²) in [6, 6.07) is 15.0. The van der Waals surface area contributed by atoms with Crippen LogP contribution in [0, 0.1) is 12.7 Å². The minimum atomic E-state index is -2.19. The Morgan fingerprint density at radius 2 is 1.66 bits per heavy atom. The van der Waals surface area contributed by atoms with Crippen LogP contribution in [-0.2, 0) is 36.2 Å². The molecule has 182 valence electrons.